The van der Waals surface area contributed by atoms with Crippen LogP contribution in [0.3, 0.4) is 0 Å². The predicted octanol–water partition coefficient (Wildman–Crippen LogP) is 1.39. The van der Waals surface area contributed by atoms with E-state index < -0.39 is 5.97 Å². The summed E-state index contributed by atoms with van der Waals surface area (Å²) in [5.74, 6) is -0.906. The van der Waals surface area contributed by atoms with Gasteiger partial charge in [0.1, 0.15) is 12.3 Å². The number of rotatable bonds is 8. The van der Waals surface area contributed by atoms with Gasteiger partial charge in [0.15, 0.2) is 0 Å². The van der Waals surface area contributed by atoms with E-state index in [1.165, 1.54) is 4.90 Å². The summed E-state index contributed by atoms with van der Waals surface area (Å²) < 4.78 is 10.1. The summed E-state index contributed by atoms with van der Waals surface area (Å²) in [6.07, 6.45) is 1.12. The molecule has 1 aliphatic rings. The fourth-order valence-electron chi connectivity index (χ4n) is 3.08. The maximum atomic E-state index is 12.6. The SMILES string of the molecule is CCOC(=O)C1CCN(C(=O)CN(CC(=O)O)c2ccc(OC)cc2)CC1. The minimum absolute atomic E-state index is 0.0390. The number of methoxy groups -OCH3 is 1. The molecule has 0 radical (unpaired) electrons. The highest BCUT2D eigenvalue weighted by Crippen LogP contribution is 2.21. The van der Waals surface area contributed by atoms with Crippen molar-refractivity contribution in [2.75, 3.05) is 44.8 Å². The highest BCUT2D eigenvalue weighted by atomic mass is 16.5. The van der Waals surface area contributed by atoms with Crippen LogP contribution in [0.5, 0.6) is 5.75 Å². The number of hydrogen-bond donors (Lipinski definition) is 1. The Hall–Kier alpha value is -2.77. The van der Waals surface area contributed by atoms with E-state index in [0.717, 1.165) is 0 Å². The Labute approximate surface area is 158 Å². The number of amides is 1. The van der Waals surface area contributed by atoms with Gasteiger partial charge in [0.25, 0.3) is 0 Å². The number of carboxylic acids is 1. The molecule has 0 aliphatic carbocycles. The number of anilines is 1. The normalized spacial score (nSPS) is 14.5. The summed E-state index contributed by atoms with van der Waals surface area (Å²) >= 11 is 0. The number of piperidine rings is 1. The maximum absolute atomic E-state index is 12.6. The van der Waals surface area contributed by atoms with E-state index in [9.17, 15) is 19.5 Å². The van der Waals surface area contributed by atoms with Crippen molar-refractivity contribution < 1.29 is 29.0 Å². The van der Waals surface area contributed by atoms with Crippen LogP contribution in [0.15, 0.2) is 24.3 Å². The highest BCUT2D eigenvalue weighted by molar-refractivity contribution is 5.84. The molecule has 8 heteroatoms. The first-order chi connectivity index (χ1) is 12.9. The second kappa shape index (κ2) is 9.80. The maximum Gasteiger partial charge on any atom is 0.323 e. The van der Waals surface area contributed by atoms with Crippen molar-refractivity contribution in [1.82, 2.24) is 4.90 Å². The number of benzene rings is 1. The van der Waals surface area contributed by atoms with Crippen molar-refractivity contribution >= 4 is 23.5 Å². The zero-order chi connectivity index (χ0) is 19.8. The molecule has 1 saturated heterocycles. The Morgan fingerprint density at radius 3 is 2.30 bits per heavy atom. The first kappa shape index (κ1) is 20.5. The Morgan fingerprint density at radius 1 is 1.15 bits per heavy atom. The van der Waals surface area contributed by atoms with Crippen LogP contribution >= 0.6 is 0 Å². The number of hydrogen-bond acceptors (Lipinski definition) is 6. The lowest BCUT2D eigenvalue weighted by atomic mass is 9.97. The predicted molar refractivity (Wildman–Crippen MR) is 98.8 cm³/mol. The molecule has 1 heterocycles. The summed E-state index contributed by atoms with van der Waals surface area (Å²) in [5, 5.41) is 9.17. The number of ether oxygens (including phenoxy) is 2. The van der Waals surface area contributed by atoms with Crippen LogP contribution in [-0.2, 0) is 19.1 Å². The number of nitrogens with zero attached hydrogens (tertiary/aromatic N) is 2. The lowest BCUT2D eigenvalue weighted by molar-refractivity contribution is -0.151. The average Bonchev–Trinajstić information content (AvgIpc) is 2.67. The van der Waals surface area contributed by atoms with Crippen LogP contribution in [0.4, 0.5) is 5.69 Å². The Kier molecular flexibility index (Phi) is 7.45. The molecule has 0 unspecified atom stereocenters. The van der Waals surface area contributed by atoms with Gasteiger partial charge in [0.2, 0.25) is 5.91 Å². The van der Waals surface area contributed by atoms with Crippen molar-refractivity contribution in [2.24, 2.45) is 5.92 Å². The van der Waals surface area contributed by atoms with Crippen LogP contribution in [0.25, 0.3) is 0 Å². The van der Waals surface area contributed by atoms with Crippen LogP contribution in [0, 0.1) is 5.92 Å². The van der Waals surface area contributed by atoms with Crippen molar-refractivity contribution in [3.05, 3.63) is 24.3 Å². The van der Waals surface area contributed by atoms with Gasteiger partial charge in [-0.3, -0.25) is 14.4 Å². The third-order valence-electron chi connectivity index (χ3n) is 4.56. The van der Waals surface area contributed by atoms with E-state index in [1.54, 1.807) is 43.2 Å². The summed E-state index contributed by atoms with van der Waals surface area (Å²) in [7, 11) is 1.55. The van der Waals surface area contributed by atoms with Gasteiger partial charge in [-0.1, -0.05) is 0 Å². The second-order valence-corrected chi connectivity index (χ2v) is 6.35. The lowest BCUT2D eigenvalue weighted by Crippen LogP contribution is -2.46. The molecule has 1 N–H and O–H groups in total. The first-order valence-corrected chi connectivity index (χ1v) is 8.99. The summed E-state index contributed by atoms with van der Waals surface area (Å²) in [5.41, 5.74) is 0.632. The topological polar surface area (TPSA) is 96.4 Å². The highest BCUT2D eigenvalue weighted by Gasteiger charge is 2.29. The molecule has 148 valence electrons. The minimum atomic E-state index is -1.01. The van der Waals surface area contributed by atoms with Crippen LogP contribution in [-0.4, -0.2) is 67.7 Å². The van der Waals surface area contributed by atoms with Crippen LogP contribution in [0.2, 0.25) is 0 Å². The minimum Gasteiger partial charge on any atom is -0.497 e. The molecule has 1 amide bonds. The first-order valence-electron chi connectivity index (χ1n) is 8.99. The zero-order valence-corrected chi connectivity index (χ0v) is 15.7. The zero-order valence-electron chi connectivity index (χ0n) is 15.7. The van der Waals surface area contributed by atoms with Crippen molar-refractivity contribution in [3.8, 4) is 5.75 Å². The van der Waals surface area contributed by atoms with E-state index in [-0.39, 0.29) is 30.9 Å². The van der Waals surface area contributed by atoms with E-state index in [0.29, 0.717) is 44.0 Å². The lowest BCUT2D eigenvalue weighted by Gasteiger charge is -2.33. The molecule has 8 nitrogen and oxygen atoms in total. The smallest absolute Gasteiger partial charge is 0.323 e. The molecule has 27 heavy (non-hydrogen) atoms. The third-order valence-corrected chi connectivity index (χ3v) is 4.56. The molecule has 2 rings (SSSR count). The van der Waals surface area contributed by atoms with E-state index in [2.05, 4.69) is 0 Å². The van der Waals surface area contributed by atoms with Crippen LogP contribution < -0.4 is 9.64 Å². The second-order valence-electron chi connectivity index (χ2n) is 6.35. The largest absolute Gasteiger partial charge is 0.497 e. The molecule has 0 saturated carbocycles. The number of aliphatic carboxylic acids is 1. The number of carbonyl (C=O) groups excluding carboxylic acids is 2. The van der Waals surface area contributed by atoms with Gasteiger partial charge < -0.3 is 24.4 Å². The van der Waals surface area contributed by atoms with Gasteiger partial charge in [0, 0.05) is 18.8 Å². The fourth-order valence-corrected chi connectivity index (χ4v) is 3.08. The number of carboxylic acid groups (broad SMARTS) is 1. The molecule has 1 aromatic rings. The number of likely N-dealkylation sites (tertiary alicyclic amines) is 1. The molecule has 0 spiro atoms. The standard InChI is InChI=1S/C19H26N2O6/c1-3-27-19(25)14-8-10-20(11-9-14)17(22)12-21(13-18(23)24)15-4-6-16(26-2)7-5-15/h4-7,14H,3,8-13H2,1-2H3,(H,23,24). The van der Waals surface area contributed by atoms with Gasteiger partial charge in [-0.15, -0.1) is 0 Å². The monoisotopic (exact) mass is 378 g/mol. The van der Waals surface area contributed by atoms with Gasteiger partial charge in [-0.25, -0.2) is 0 Å². The van der Waals surface area contributed by atoms with E-state index in [1.807, 2.05) is 0 Å². The Balaban J connectivity index is 1.97. The van der Waals surface area contributed by atoms with Gasteiger partial charge >= 0.3 is 11.9 Å². The van der Waals surface area contributed by atoms with Crippen molar-refractivity contribution in [1.29, 1.82) is 0 Å². The summed E-state index contributed by atoms with van der Waals surface area (Å²) in [6, 6.07) is 6.89. The summed E-state index contributed by atoms with van der Waals surface area (Å²) in [4.78, 5) is 38.8. The molecule has 1 aromatic carbocycles. The van der Waals surface area contributed by atoms with Gasteiger partial charge in [-0.05, 0) is 44.0 Å². The number of esters is 1. The van der Waals surface area contributed by atoms with Crippen molar-refractivity contribution in [3.63, 3.8) is 0 Å². The summed E-state index contributed by atoms with van der Waals surface area (Å²) in [6.45, 7) is 2.73. The molecule has 0 bridgehead atoms. The molecular formula is C19H26N2O6. The quantitative estimate of drug-likeness (QED) is 0.683. The van der Waals surface area contributed by atoms with Gasteiger partial charge in [-0.2, -0.15) is 0 Å². The molecule has 0 aromatic heterocycles. The molecule has 1 fully saturated rings. The molecule has 0 atom stereocenters. The molecule has 1 aliphatic heterocycles. The van der Waals surface area contributed by atoms with Gasteiger partial charge in [0.05, 0.1) is 26.2 Å². The van der Waals surface area contributed by atoms with E-state index in [4.69, 9.17) is 9.47 Å². The van der Waals surface area contributed by atoms with Crippen LogP contribution in [0.1, 0.15) is 19.8 Å². The van der Waals surface area contributed by atoms with E-state index >= 15 is 0 Å². The Morgan fingerprint density at radius 2 is 1.78 bits per heavy atom. The molecular weight excluding hydrogens is 352 g/mol. The third kappa shape index (κ3) is 5.87. The van der Waals surface area contributed by atoms with Crippen molar-refractivity contribution in [2.45, 2.75) is 19.8 Å². The Bertz CT molecular complexity index is 653. The fraction of sp³-hybridized carbons (Fsp3) is 0.526. The number of carbonyl (C=O) groups is 3. The average molecular weight is 378 g/mol.